The number of nitro groups is 2. The number of nitro benzene ring substituents is 2. The normalized spacial score (nSPS) is 10.8. The van der Waals surface area contributed by atoms with Crippen molar-refractivity contribution >= 4 is 23.1 Å². The number of thioether (sulfide) groups is 1. The maximum atomic E-state index is 12.3. The Morgan fingerprint density at radius 2 is 1.86 bits per heavy atom. The molecule has 2 heterocycles. The van der Waals surface area contributed by atoms with Crippen LogP contribution in [-0.4, -0.2) is 34.8 Å². The standard InChI is InChI=1S/C14H11N7O7S/c1-6-8(5-29-13-12(23)15-14(24)17-16-13)11(22)18-19(6)9-3-2-7(20(25)26)4-10(9)21(27)28/h2-4H,5H2,1H3,(H,18,22)(H2,15,17,23,24). The van der Waals surface area contributed by atoms with Crippen LogP contribution in [0.1, 0.15) is 11.3 Å². The maximum Gasteiger partial charge on any atom is 0.342 e. The van der Waals surface area contributed by atoms with Gasteiger partial charge in [-0.25, -0.2) is 9.89 Å². The molecule has 0 aliphatic carbocycles. The summed E-state index contributed by atoms with van der Waals surface area (Å²) < 4.78 is 1.14. The fourth-order valence-corrected chi connectivity index (χ4v) is 3.41. The molecule has 0 aliphatic heterocycles. The average molecular weight is 421 g/mol. The number of H-pyrrole nitrogens is 3. The van der Waals surface area contributed by atoms with Crippen molar-refractivity contribution in [1.82, 2.24) is 25.0 Å². The molecule has 2 aromatic heterocycles. The van der Waals surface area contributed by atoms with E-state index < -0.39 is 38.0 Å². The first-order valence-electron chi connectivity index (χ1n) is 7.74. The Morgan fingerprint density at radius 1 is 1.14 bits per heavy atom. The highest BCUT2D eigenvalue weighted by Crippen LogP contribution is 2.29. The SMILES string of the molecule is Cc1c(CSc2n[nH]c(=O)[nH]c2=O)c(=O)[nH]n1-c1ccc([N+](=O)[O-])cc1[N+](=O)[O-]. The van der Waals surface area contributed by atoms with Crippen LogP contribution in [0.2, 0.25) is 0 Å². The number of hydrogen-bond donors (Lipinski definition) is 3. The van der Waals surface area contributed by atoms with Crippen LogP contribution in [0.15, 0.2) is 37.6 Å². The lowest BCUT2D eigenvalue weighted by molar-refractivity contribution is -0.394. The van der Waals surface area contributed by atoms with Crippen LogP contribution in [0.25, 0.3) is 5.69 Å². The van der Waals surface area contributed by atoms with Crippen LogP contribution in [0.3, 0.4) is 0 Å². The molecule has 15 heteroatoms. The van der Waals surface area contributed by atoms with Crippen LogP contribution in [0.4, 0.5) is 11.4 Å². The van der Waals surface area contributed by atoms with Gasteiger partial charge >= 0.3 is 11.4 Å². The quantitative estimate of drug-likeness (QED) is 0.285. The number of benzene rings is 1. The van der Waals surface area contributed by atoms with Gasteiger partial charge in [0.2, 0.25) is 0 Å². The third-order valence-electron chi connectivity index (χ3n) is 3.90. The maximum absolute atomic E-state index is 12.3. The molecule has 0 unspecified atom stereocenters. The molecule has 1 aromatic carbocycles. The van der Waals surface area contributed by atoms with Gasteiger partial charge in [-0.2, -0.15) is 5.10 Å². The largest absolute Gasteiger partial charge is 0.342 e. The van der Waals surface area contributed by atoms with Crippen LogP contribution in [0.5, 0.6) is 0 Å². The number of non-ortho nitro benzene ring substituents is 1. The van der Waals surface area contributed by atoms with Gasteiger partial charge in [0.15, 0.2) is 5.03 Å². The highest BCUT2D eigenvalue weighted by Gasteiger charge is 2.23. The van der Waals surface area contributed by atoms with Gasteiger partial charge in [0.05, 0.1) is 21.5 Å². The second-order valence-corrected chi connectivity index (χ2v) is 6.59. The zero-order valence-electron chi connectivity index (χ0n) is 14.5. The Morgan fingerprint density at radius 3 is 2.48 bits per heavy atom. The van der Waals surface area contributed by atoms with Crippen molar-refractivity contribution in [2.24, 2.45) is 0 Å². The van der Waals surface area contributed by atoms with Crippen LogP contribution in [0, 0.1) is 27.2 Å². The number of hydrogen-bond acceptors (Lipinski definition) is 9. The molecule has 3 N–H and O–H groups in total. The summed E-state index contributed by atoms with van der Waals surface area (Å²) in [7, 11) is 0. The van der Waals surface area contributed by atoms with Crippen molar-refractivity contribution in [1.29, 1.82) is 0 Å². The molecule has 0 aliphatic rings. The molecule has 0 amide bonds. The third-order valence-corrected chi connectivity index (χ3v) is 4.88. The first-order valence-corrected chi connectivity index (χ1v) is 8.73. The highest BCUT2D eigenvalue weighted by molar-refractivity contribution is 7.98. The minimum absolute atomic E-state index is 0.0168. The molecule has 3 rings (SSSR count). The average Bonchev–Trinajstić information content (AvgIpc) is 2.94. The number of aromatic nitrogens is 5. The Balaban J connectivity index is 2.01. The highest BCUT2D eigenvalue weighted by atomic mass is 32.2. The second-order valence-electron chi connectivity index (χ2n) is 5.63. The molecule has 0 saturated heterocycles. The lowest BCUT2D eigenvalue weighted by Gasteiger charge is -2.07. The third kappa shape index (κ3) is 3.84. The zero-order chi connectivity index (χ0) is 21.3. The minimum atomic E-state index is -0.793. The van der Waals surface area contributed by atoms with E-state index in [0.717, 1.165) is 34.6 Å². The first-order chi connectivity index (χ1) is 13.7. The van der Waals surface area contributed by atoms with Crippen LogP contribution >= 0.6 is 11.8 Å². The number of nitrogens with one attached hydrogen (secondary N) is 3. The summed E-state index contributed by atoms with van der Waals surface area (Å²) in [5, 5.41) is 30.3. The molecular weight excluding hydrogens is 410 g/mol. The summed E-state index contributed by atoms with van der Waals surface area (Å²) in [5.74, 6) is -0.0168. The van der Waals surface area contributed by atoms with Gasteiger partial charge in [-0.15, -0.1) is 0 Å². The van der Waals surface area contributed by atoms with Crippen LogP contribution in [-0.2, 0) is 5.75 Å². The Kier molecular flexibility index (Phi) is 5.14. The summed E-state index contributed by atoms with van der Waals surface area (Å²) >= 11 is 0.881. The molecular formula is C14H11N7O7S. The van der Waals surface area contributed by atoms with Gasteiger partial charge in [-0.3, -0.25) is 44.6 Å². The van der Waals surface area contributed by atoms with Crippen molar-refractivity contribution in [2.75, 3.05) is 0 Å². The number of rotatable bonds is 6. The van der Waals surface area contributed by atoms with E-state index in [1.807, 2.05) is 4.98 Å². The van der Waals surface area contributed by atoms with Crippen molar-refractivity contribution < 1.29 is 9.85 Å². The lowest BCUT2D eigenvalue weighted by atomic mass is 10.2. The van der Waals surface area contributed by atoms with E-state index in [-0.39, 0.29) is 22.0 Å². The fourth-order valence-electron chi connectivity index (χ4n) is 2.50. The number of aromatic amines is 3. The fraction of sp³-hybridized carbons (Fsp3) is 0.143. The monoisotopic (exact) mass is 421 g/mol. The molecule has 0 bridgehead atoms. The van der Waals surface area contributed by atoms with E-state index in [9.17, 15) is 34.6 Å². The predicted octanol–water partition coefficient (Wildman–Crippen LogP) is 0.354. The van der Waals surface area contributed by atoms with Gasteiger partial charge in [0, 0.05) is 17.5 Å². The molecule has 29 heavy (non-hydrogen) atoms. The minimum Gasteiger partial charge on any atom is -0.271 e. The van der Waals surface area contributed by atoms with Crippen LogP contribution < -0.4 is 16.8 Å². The van der Waals surface area contributed by atoms with Crippen molar-refractivity contribution in [3.63, 3.8) is 0 Å². The van der Waals surface area contributed by atoms with Crippen molar-refractivity contribution in [2.45, 2.75) is 17.7 Å². The Bertz CT molecular complexity index is 1300. The smallest absolute Gasteiger partial charge is 0.271 e. The Labute approximate surface area is 162 Å². The van der Waals surface area contributed by atoms with E-state index >= 15 is 0 Å². The summed E-state index contributed by atoms with van der Waals surface area (Å²) in [6.45, 7) is 1.52. The molecule has 14 nitrogen and oxygen atoms in total. The molecule has 0 saturated carbocycles. The first kappa shape index (κ1) is 19.7. The number of nitrogens with zero attached hydrogens (tertiary/aromatic N) is 4. The van der Waals surface area contributed by atoms with Gasteiger partial charge in [0.25, 0.3) is 16.8 Å². The summed E-state index contributed by atoms with van der Waals surface area (Å²) in [5.41, 5.74) is -2.65. The molecule has 0 atom stereocenters. The summed E-state index contributed by atoms with van der Waals surface area (Å²) in [6.07, 6.45) is 0. The molecule has 0 spiro atoms. The van der Waals surface area contributed by atoms with Gasteiger partial charge in [-0.05, 0) is 13.0 Å². The predicted molar refractivity (Wildman–Crippen MR) is 99.5 cm³/mol. The zero-order valence-corrected chi connectivity index (χ0v) is 15.3. The van der Waals surface area contributed by atoms with Crippen molar-refractivity contribution in [3.8, 4) is 5.69 Å². The van der Waals surface area contributed by atoms with E-state index in [2.05, 4.69) is 15.3 Å². The Hall–Kier alpha value is -4.01. The molecule has 150 valence electrons. The van der Waals surface area contributed by atoms with Gasteiger partial charge in [0.1, 0.15) is 5.69 Å². The van der Waals surface area contributed by atoms with Crippen molar-refractivity contribution in [3.05, 3.63) is 80.9 Å². The topological polar surface area (TPSA) is 203 Å². The van der Waals surface area contributed by atoms with E-state index in [1.165, 1.54) is 6.92 Å². The van der Waals surface area contributed by atoms with Gasteiger partial charge < -0.3 is 0 Å². The second kappa shape index (κ2) is 7.55. The molecule has 0 radical (unpaired) electrons. The van der Waals surface area contributed by atoms with E-state index in [4.69, 9.17) is 0 Å². The molecule has 0 fully saturated rings. The summed E-state index contributed by atoms with van der Waals surface area (Å²) in [4.78, 5) is 57.7. The summed E-state index contributed by atoms with van der Waals surface area (Å²) in [6, 6.07) is 3.04. The lowest BCUT2D eigenvalue weighted by Crippen LogP contribution is -2.25. The van der Waals surface area contributed by atoms with E-state index in [0.29, 0.717) is 5.69 Å². The molecule has 3 aromatic rings. The van der Waals surface area contributed by atoms with Gasteiger partial charge in [-0.1, -0.05) is 11.8 Å². The van der Waals surface area contributed by atoms with E-state index in [1.54, 1.807) is 0 Å².